The van der Waals surface area contributed by atoms with Gasteiger partial charge in [0.25, 0.3) is 0 Å². The molecule has 0 unspecified atom stereocenters. The first-order valence-electron chi connectivity index (χ1n) is 7.40. The summed E-state index contributed by atoms with van der Waals surface area (Å²) in [5, 5.41) is 0. The second-order valence-electron chi connectivity index (χ2n) is 5.29. The van der Waals surface area contributed by atoms with Gasteiger partial charge >= 0.3 is 0 Å². The summed E-state index contributed by atoms with van der Waals surface area (Å²) < 4.78 is 10.3. The van der Waals surface area contributed by atoms with Gasteiger partial charge in [0.2, 0.25) is 0 Å². The van der Waals surface area contributed by atoms with E-state index in [1.54, 1.807) is 31.4 Å². The van der Waals surface area contributed by atoms with Crippen LogP contribution in [0.5, 0.6) is 11.5 Å². The maximum absolute atomic E-state index is 12.3. The molecule has 0 aliphatic heterocycles. The summed E-state index contributed by atoms with van der Waals surface area (Å²) in [5.74, 6) is 0.956. The summed E-state index contributed by atoms with van der Waals surface area (Å²) in [6.07, 6.45) is 0.360. The minimum Gasteiger partial charge on any atom is -0.493 e. The summed E-state index contributed by atoms with van der Waals surface area (Å²) in [5.41, 5.74) is 2.19. The smallest absolute Gasteiger partial charge is 0.163 e. The number of rotatable bonds is 7. The molecule has 0 amide bonds. The average Bonchev–Trinajstić information content (AvgIpc) is 2.58. The number of ether oxygens (including phenoxy) is 2. The Balaban J connectivity index is 2.03. The number of methoxy groups -OCH3 is 2. The van der Waals surface area contributed by atoms with Crippen LogP contribution in [0, 0.1) is 6.92 Å². The summed E-state index contributed by atoms with van der Waals surface area (Å²) >= 11 is 0. The number of benzene rings is 2. The van der Waals surface area contributed by atoms with Gasteiger partial charge in [0, 0.05) is 24.0 Å². The molecule has 0 radical (unpaired) electrons. The third-order valence-electron chi connectivity index (χ3n) is 3.62. The highest BCUT2D eigenvalue weighted by Crippen LogP contribution is 2.28. The first kappa shape index (κ1) is 16.7. The maximum Gasteiger partial charge on any atom is 0.163 e. The van der Waals surface area contributed by atoms with Gasteiger partial charge in [-0.2, -0.15) is 0 Å². The van der Waals surface area contributed by atoms with Crippen LogP contribution in [-0.4, -0.2) is 25.8 Å². The normalized spacial score (nSPS) is 10.2. The maximum atomic E-state index is 12.3. The second-order valence-corrected chi connectivity index (χ2v) is 5.29. The Bertz CT molecular complexity index is 719. The first-order chi connectivity index (χ1) is 11.0. The van der Waals surface area contributed by atoms with E-state index in [4.69, 9.17) is 9.47 Å². The lowest BCUT2D eigenvalue weighted by Gasteiger charge is -2.09. The van der Waals surface area contributed by atoms with Crippen molar-refractivity contribution < 1.29 is 19.1 Å². The fourth-order valence-electron chi connectivity index (χ4n) is 2.34. The van der Waals surface area contributed by atoms with Crippen LogP contribution >= 0.6 is 0 Å². The summed E-state index contributed by atoms with van der Waals surface area (Å²) in [4.78, 5) is 24.4. The molecule has 2 aromatic carbocycles. The Morgan fingerprint density at radius 1 is 0.826 bits per heavy atom. The topological polar surface area (TPSA) is 52.6 Å². The molecule has 4 nitrogen and oxygen atoms in total. The lowest BCUT2D eigenvalue weighted by atomic mass is 10.0. The number of carbonyl (C=O) groups is 2. The summed E-state index contributed by atoms with van der Waals surface area (Å²) in [6.45, 7) is 1.94. The number of aryl methyl sites for hydroxylation is 1. The molecule has 0 saturated carbocycles. The Morgan fingerprint density at radius 2 is 1.43 bits per heavy atom. The van der Waals surface area contributed by atoms with Crippen molar-refractivity contribution >= 4 is 11.6 Å². The van der Waals surface area contributed by atoms with Crippen molar-refractivity contribution in [1.29, 1.82) is 0 Å². The van der Waals surface area contributed by atoms with Crippen molar-refractivity contribution in [2.75, 3.05) is 14.2 Å². The van der Waals surface area contributed by atoms with Gasteiger partial charge < -0.3 is 9.47 Å². The van der Waals surface area contributed by atoms with Crippen LogP contribution < -0.4 is 9.47 Å². The monoisotopic (exact) mass is 312 g/mol. The molecular weight excluding hydrogens is 292 g/mol. The van der Waals surface area contributed by atoms with Crippen LogP contribution in [0.3, 0.4) is 0 Å². The lowest BCUT2D eigenvalue weighted by Crippen LogP contribution is -2.06. The van der Waals surface area contributed by atoms with Crippen molar-refractivity contribution in [3.05, 3.63) is 59.2 Å². The highest BCUT2D eigenvalue weighted by Gasteiger charge is 2.13. The average molecular weight is 312 g/mol. The largest absolute Gasteiger partial charge is 0.493 e. The zero-order valence-electron chi connectivity index (χ0n) is 13.6. The summed E-state index contributed by atoms with van der Waals surface area (Å²) in [6, 6.07) is 12.4. The molecule has 120 valence electrons. The molecule has 0 aliphatic carbocycles. The molecule has 0 heterocycles. The molecule has 0 fully saturated rings. The van der Waals surface area contributed by atoms with E-state index < -0.39 is 0 Å². The second kappa shape index (κ2) is 7.58. The molecule has 4 heteroatoms. The fourth-order valence-corrected chi connectivity index (χ4v) is 2.34. The van der Waals surface area contributed by atoms with Gasteiger partial charge in [-0.25, -0.2) is 0 Å². The molecular formula is C19H20O4. The van der Waals surface area contributed by atoms with E-state index in [0.29, 0.717) is 22.6 Å². The molecule has 0 N–H and O–H groups in total. The quantitative estimate of drug-likeness (QED) is 0.729. The van der Waals surface area contributed by atoms with Crippen LogP contribution in [-0.2, 0) is 0 Å². The Hall–Kier alpha value is -2.62. The van der Waals surface area contributed by atoms with Gasteiger partial charge in [-0.3, -0.25) is 9.59 Å². The number of ketones is 2. The minimum absolute atomic E-state index is 0.0254. The standard InChI is InChI=1S/C19H20O4/c1-13-5-4-6-14(11-13)16(20)8-9-17(21)15-7-10-18(22-2)19(12-15)23-3/h4-7,10-12H,8-9H2,1-3H3. The van der Waals surface area contributed by atoms with E-state index in [0.717, 1.165) is 5.56 Å². The highest BCUT2D eigenvalue weighted by atomic mass is 16.5. The van der Waals surface area contributed by atoms with Crippen LogP contribution in [0.2, 0.25) is 0 Å². The van der Waals surface area contributed by atoms with Crippen molar-refractivity contribution in [1.82, 2.24) is 0 Å². The van der Waals surface area contributed by atoms with Gasteiger partial charge in [0.15, 0.2) is 23.1 Å². The van der Waals surface area contributed by atoms with Gasteiger partial charge in [-0.1, -0.05) is 23.8 Å². The van der Waals surface area contributed by atoms with Crippen LogP contribution in [0.15, 0.2) is 42.5 Å². The van der Waals surface area contributed by atoms with E-state index in [1.165, 1.54) is 7.11 Å². The highest BCUT2D eigenvalue weighted by molar-refractivity contribution is 6.02. The number of carbonyl (C=O) groups excluding carboxylic acids is 2. The van der Waals surface area contributed by atoms with Crippen molar-refractivity contribution in [3.63, 3.8) is 0 Å². The Labute approximate surface area is 136 Å². The van der Waals surface area contributed by atoms with E-state index in [1.807, 2.05) is 25.1 Å². The van der Waals surface area contributed by atoms with Crippen molar-refractivity contribution in [2.24, 2.45) is 0 Å². The molecule has 0 spiro atoms. The third-order valence-corrected chi connectivity index (χ3v) is 3.62. The zero-order chi connectivity index (χ0) is 16.8. The molecule has 23 heavy (non-hydrogen) atoms. The molecule has 0 bridgehead atoms. The lowest BCUT2D eigenvalue weighted by molar-refractivity contribution is 0.0917. The number of Topliss-reactive ketones (excluding diaryl/α,β-unsaturated/α-hetero) is 2. The molecule has 0 saturated heterocycles. The van der Waals surface area contributed by atoms with Crippen molar-refractivity contribution in [3.8, 4) is 11.5 Å². The van der Waals surface area contributed by atoms with Crippen molar-refractivity contribution in [2.45, 2.75) is 19.8 Å². The minimum atomic E-state index is -0.0908. The summed E-state index contributed by atoms with van der Waals surface area (Å²) in [7, 11) is 3.06. The first-order valence-corrected chi connectivity index (χ1v) is 7.40. The fraction of sp³-hybridized carbons (Fsp3) is 0.263. The van der Waals surface area contributed by atoms with Gasteiger partial charge in [0.1, 0.15) is 0 Å². The van der Waals surface area contributed by atoms with Gasteiger partial charge in [0.05, 0.1) is 14.2 Å². The molecule has 2 rings (SSSR count). The predicted octanol–water partition coefficient (Wildman–Crippen LogP) is 3.86. The van der Waals surface area contributed by atoms with E-state index >= 15 is 0 Å². The Morgan fingerprint density at radius 3 is 2.00 bits per heavy atom. The Kier molecular flexibility index (Phi) is 5.52. The zero-order valence-corrected chi connectivity index (χ0v) is 13.6. The molecule has 0 atom stereocenters. The molecule has 0 aromatic heterocycles. The van der Waals surface area contributed by atoms with E-state index in [2.05, 4.69) is 0 Å². The number of hydrogen-bond donors (Lipinski definition) is 0. The van der Waals surface area contributed by atoms with E-state index in [-0.39, 0.29) is 24.4 Å². The molecule has 0 aliphatic rings. The predicted molar refractivity (Wildman–Crippen MR) is 88.6 cm³/mol. The van der Waals surface area contributed by atoms with E-state index in [9.17, 15) is 9.59 Å². The van der Waals surface area contributed by atoms with Crippen LogP contribution in [0.4, 0.5) is 0 Å². The van der Waals surface area contributed by atoms with Crippen LogP contribution in [0.25, 0.3) is 0 Å². The molecule has 2 aromatic rings. The van der Waals surface area contributed by atoms with Gasteiger partial charge in [-0.05, 0) is 31.2 Å². The van der Waals surface area contributed by atoms with Crippen LogP contribution in [0.1, 0.15) is 39.1 Å². The number of hydrogen-bond acceptors (Lipinski definition) is 4. The SMILES string of the molecule is COc1ccc(C(=O)CCC(=O)c2cccc(C)c2)cc1OC. The third kappa shape index (κ3) is 4.19. The van der Waals surface area contributed by atoms with Gasteiger partial charge in [-0.15, -0.1) is 0 Å².